The van der Waals surface area contributed by atoms with Crippen LogP contribution in [0.25, 0.3) is 0 Å². The van der Waals surface area contributed by atoms with Gasteiger partial charge in [-0.1, -0.05) is 19.3 Å². The van der Waals surface area contributed by atoms with Crippen LogP contribution in [-0.2, 0) is 10.0 Å². The number of sulfonamides is 1. The fourth-order valence-corrected chi connectivity index (χ4v) is 4.35. The van der Waals surface area contributed by atoms with Gasteiger partial charge in [0.05, 0.1) is 11.9 Å². The zero-order chi connectivity index (χ0) is 13.2. The van der Waals surface area contributed by atoms with Gasteiger partial charge in [-0.2, -0.15) is 0 Å². The van der Waals surface area contributed by atoms with E-state index in [4.69, 9.17) is 0 Å². The molecule has 0 aromatic carbocycles. The molecule has 0 saturated heterocycles. The second-order valence-corrected chi connectivity index (χ2v) is 8.09. The summed E-state index contributed by atoms with van der Waals surface area (Å²) in [6.07, 6.45) is 7.25. The first-order valence-electron chi connectivity index (χ1n) is 7.11. The molecule has 0 bridgehead atoms. The quantitative estimate of drug-likeness (QED) is 0.801. The van der Waals surface area contributed by atoms with E-state index in [1.165, 1.54) is 10.7 Å². The molecule has 106 valence electrons. The molecule has 1 unspecified atom stereocenters. The molecule has 2 fully saturated rings. The van der Waals surface area contributed by atoms with Gasteiger partial charge in [-0.05, 0) is 37.5 Å². The maximum absolute atomic E-state index is 12.2. The first-order chi connectivity index (χ1) is 8.49. The molecular formula is C13H25NO3S. The number of rotatable bonds is 6. The van der Waals surface area contributed by atoms with E-state index < -0.39 is 16.1 Å². The third-order valence-electron chi connectivity index (χ3n) is 4.26. The van der Waals surface area contributed by atoms with Crippen LogP contribution >= 0.6 is 0 Å². The van der Waals surface area contributed by atoms with E-state index in [1.54, 1.807) is 7.05 Å². The van der Waals surface area contributed by atoms with E-state index >= 15 is 0 Å². The molecular weight excluding hydrogens is 250 g/mol. The van der Waals surface area contributed by atoms with Gasteiger partial charge in [0.25, 0.3) is 0 Å². The van der Waals surface area contributed by atoms with Crippen molar-refractivity contribution in [3.8, 4) is 0 Å². The van der Waals surface area contributed by atoms with Gasteiger partial charge < -0.3 is 5.11 Å². The highest BCUT2D eigenvalue weighted by Gasteiger charge is 2.33. The second-order valence-electron chi connectivity index (χ2n) is 5.97. The summed E-state index contributed by atoms with van der Waals surface area (Å²) in [5.74, 6) is 0.919. The minimum Gasteiger partial charge on any atom is -0.391 e. The lowest BCUT2D eigenvalue weighted by Crippen LogP contribution is -2.38. The molecule has 0 spiro atoms. The number of likely N-dealkylation sites (N-methyl/N-ethyl adjacent to an activating group) is 1. The Bertz CT molecular complexity index is 358. The Morgan fingerprint density at radius 2 is 1.78 bits per heavy atom. The van der Waals surface area contributed by atoms with E-state index in [1.807, 2.05) is 0 Å². The third kappa shape index (κ3) is 3.93. The second kappa shape index (κ2) is 5.88. The molecule has 1 N–H and O–H groups in total. The summed E-state index contributed by atoms with van der Waals surface area (Å²) in [4.78, 5) is 0. The molecule has 2 rings (SSSR count). The van der Waals surface area contributed by atoms with Crippen molar-refractivity contribution < 1.29 is 13.5 Å². The van der Waals surface area contributed by atoms with Gasteiger partial charge >= 0.3 is 0 Å². The Hall–Kier alpha value is -0.130. The van der Waals surface area contributed by atoms with E-state index in [9.17, 15) is 13.5 Å². The largest absolute Gasteiger partial charge is 0.391 e. The van der Waals surface area contributed by atoms with Crippen LogP contribution in [0, 0.1) is 11.8 Å². The summed E-state index contributed by atoms with van der Waals surface area (Å²) in [7, 11) is -1.59. The number of aliphatic hydroxyl groups excluding tert-OH is 1. The Balaban J connectivity index is 1.83. The molecule has 18 heavy (non-hydrogen) atoms. The summed E-state index contributed by atoms with van der Waals surface area (Å²) in [5.41, 5.74) is 0. The van der Waals surface area contributed by atoms with Crippen molar-refractivity contribution in [1.29, 1.82) is 0 Å². The van der Waals surface area contributed by atoms with Crippen LogP contribution in [0.2, 0.25) is 0 Å². The predicted octanol–water partition coefficient (Wildman–Crippen LogP) is 1.60. The molecule has 4 nitrogen and oxygen atoms in total. The third-order valence-corrected chi connectivity index (χ3v) is 6.25. The fourth-order valence-electron chi connectivity index (χ4n) is 2.79. The molecule has 0 amide bonds. The van der Waals surface area contributed by atoms with Crippen LogP contribution in [0.4, 0.5) is 0 Å². The topological polar surface area (TPSA) is 57.6 Å². The lowest BCUT2D eigenvalue weighted by Gasteiger charge is -2.25. The minimum absolute atomic E-state index is 0.264. The Morgan fingerprint density at radius 3 is 2.33 bits per heavy atom. The minimum atomic E-state index is -3.19. The van der Waals surface area contributed by atoms with Crippen molar-refractivity contribution in [3.63, 3.8) is 0 Å². The molecule has 0 radical (unpaired) electrons. The van der Waals surface area contributed by atoms with Crippen LogP contribution in [0.1, 0.15) is 44.9 Å². The highest BCUT2D eigenvalue weighted by atomic mass is 32.2. The number of aliphatic hydroxyl groups is 1. The van der Waals surface area contributed by atoms with Crippen molar-refractivity contribution >= 4 is 10.0 Å². The highest BCUT2D eigenvalue weighted by molar-refractivity contribution is 7.89. The van der Waals surface area contributed by atoms with Crippen LogP contribution < -0.4 is 0 Å². The molecule has 0 heterocycles. The first kappa shape index (κ1) is 14.3. The Morgan fingerprint density at radius 1 is 1.17 bits per heavy atom. The van der Waals surface area contributed by atoms with E-state index in [0.29, 0.717) is 11.8 Å². The van der Waals surface area contributed by atoms with E-state index in [-0.39, 0.29) is 12.3 Å². The van der Waals surface area contributed by atoms with Crippen molar-refractivity contribution in [2.45, 2.75) is 51.0 Å². The summed E-state index contributed by atoms with van der Waals surface area (Å²) < 4.78 is 25.7. The maximum Gasteiger partial charge on any atom is 0.214 e. The van der Waals surface area contributed by atoms with Crippen molar-refractivity contribution in [2.24, 2.45) is 11.8 Å². The van der Waals surface area contributed by atoms with Gasteiger partial charge in [-0.25, -0.2) is 12.7 Å². The molecule has 0 aliphatic heterocycles. The van der Waals surface area contributed by atoms with Crippen molar-refractivity contribution in [3.05, 3.63) is 0 Å². The number of hydrogen-bond acceptors (Lipinski definition) is 3. The monoisotopic (exact) mass is 275 g/mol. The fraction of sp³-hybridized carbons (Fsp3) is 1.00. The Kier molecular flexibility index (Phi) is 4.67. The summed E-state index contributed by atoms with van der Waals surface area (Å²) in [5, 5.41) is 9.82. The molecule has 0 aromatic heterocycles. The predicted molar refractivity (Wildman–Crippen MR) is 71.7 cm³/mol. The summed E-state index contributed by atoms with van der Waals surface area (Å²) in [6.45, 7) is 0.264. The van der Waals surface area contributed by atoms with Crippen molar-refractivity contribution in [1.82, 2.24) is 4.31 Å². The molecule has 2 aliphatic rings. The van der Waals surface area contributed by atoms with Crippen LogP contribution in [0.5, 0.6) is 0 Å². The molecule has 0 aromatic rings. The molecule has 1 atom stereocenters. The van der Waals surface area contributed by atoms with Crippen molar-refractivity contribution in [2.75, 3.05) is 19.3 Å². The maximum atomic E-state index is 12.2. The van der Waals surface area contributed by atoms with Crippen LogP contribution in [0.15, 0.2) is 0 Å². The zero-order valence-electron chi connectivity index (χ0n) is 11.2. The SMILES string of the molecule is CN(CC(O)C1CC1)S(=O)(=O)CC1CCCCC1. The van der Waals surface area contributed by atoms with E-state index in [0.717, 1.165) is 38.5 Å². The van der Waals surface area contributed by atoms with Crippen LogP contribution in [-0.4, -0.2) is 43.3 Å². The number of hydrogen-bond donors (Lipinski definition) is 1. The lowest BCUT2D eigenvalue weighted by molar-refractivity contribution is 0.131. The Labute approximate surface area is 110 Å². The van der Waals surface area contributed by atoms with E-state index in [2.05, 4.69) is 0 Å². The van der Waals surface area contributed by atoms with Gasteiger partial charge in [0.1, 0.15) is 0 Å². The standard InChI is InChI=1S/C13H25NO3S/c1-14(9-13(15)12-7-8-12)18(16,17)10-11-5-3-2-4-6-11/h11-13,15H,2-10H2,1H3. The van der Waals surface area contributed by atoms with Crippen LogP contribution in [0.3, 0.4) is 0 Å². The molecule has 5 heteroatoms. The molecule has 2 aliphatic carbocycles. The number of nitrogens with zero attached hydrogens (tertiary/aromatic N) is 1. The van der Waals surface area contributed by atoms with Gasteiger partial charge in [-0.3, -0.25) is 0 Å². The molecule has 2 saturated carbocycles. The first-order valence-corrected chi connectivity index (χ1v) is 8.72. The smallest absolute Gasteiger partial charge is 0.214 e. The normalized spacial score (nSPS) is 24.4. The highest BCUT2D eigenvalue weighted by Crippen LogP contribution is 2.33. The average Bonchev–Trinajstić information content (AvgIpc) is 3.13. The van der Waals surface area contributed by atoms with Gasteiger partial charge in [0.15, 0.2) is 0 Å². The van der Waals surface area contributed by atoms with Gasteiger partial charge in [-0.15, -0.1) is 0 Å². The van der Waals surface area contributed by atoms with Gasteiger partial charge in [0.2, 0.25) is 10.0 Å². The summed E-state index contributed by atoms with van der Waals surface area (Å²) in [6, 6.07) is 0. The zero-order valence-corrected chi connectivity index (χ0v) is 12.0. The average molecular weight is 275 g/mol. The summed E-state index contributed by atoms with van der Waals surface area (Å²) >= 11 is 0. The van der Waals surface area contributed by atoms with Gasteiger partial charge in [0, 0.05) is 13.6 Å². The lowest BCUT2D eigenvalue weighted by atomic mass is 9.91.